The molecule has 0 spiro atoms. The SMILES string of the molecule is Cn1cnc(C(=O)N2CCCC(N(Cc3cccnc3)S(C)(=O)=O)C2)c1. The molecule has 0 bridgehead atoms. The van der Waals surface area contributed by atoms with E-state index in [0.29, 0.717) is 18.8 Å². The standard InChI is InChI=1S/C17H23N5O3S/c1-20-12-16(19-13-20)17(23)21-8-4-6-15(11-21)22(26(2,24)25)10-14-5-3-7-18-9-14/h3,5,7,9,12-13,15H,4,6,8,10-11H2,1-2H3. The minimum Gasteiger partial charge on any atom is -0.340 e. The summed E-state index contributed by atoms with van der Waals surface area (Å²) in [4.78, 5) is 22.5. The molecule has 2 aromatic heterocycles. The minimum atomic E-state index is -3.42. The number of amides is 1. The number of pyridine rings is 1. The Bertz CT molecular complexity index is 866. The number of sulfonamides is 1. The van der Waals surface area contributed by atoms with Crippen LogP contribution >= 0.6 is 0 Å². The van der Waals surface area contributed by atoms with Crippen molar-refractivity contribution in [3.8, 4) is 0 Å². The van der Waals surface area contributed by atoms with E-state index in [1.165, 1.54) is 10.6 Å². The maximum Gasteiger partial charge on any atom is 0.274 e. The van der Waals surface area contributed by atoms with Crippen molar-refractivity contribution < 1.29 is 13.2 Å². The van der Waals surface area contributed by atoms with Crippen molar-refractivity contribution in [3.05, 3.63) is 48.3 Å². The lowest BCUT2D eigenvalue weighted by Crippen LogP contribution is -2.51. The fourth-order valence-electron chi connectivity index (χ4n) is 3.25. The zero-order valence-electron chi connectivity index (χ0n) is 14.9. The third-order valence-corrected chi connectivity index (χ3v) is 5.78. The average Bonchev–Trinajstić information content (AvgIpc) is 3.05. The van der Waals surface area contributed by atoms with Crippen LogP contribution in [0, 0.1) is 0 Å². The van der Waals surface area contributed by atoms with E-state index in [4.69, 9.17) is 0 Å². The molecule has 3 heterocycles. The van der Waals surface area contributed by atoms with Gasteiger partial charge in [0, 0.05) is 51.3 Å². The van der Waals surface area contributed by atoms with Gasteiger partial charge in [0.25, 0.3) is 5.91 Å². The van der Waals surface area contributed by atoms with Gasteiger partial charge in [0.05, 0.1) is 12.6 Å². The second kappa shape index (κ2) is 7.55. The Morgan fingerprint density at radius 2 is 2.23 bits per heavy atom. The fraction of sp³-hybridized carbons (Fsp3) is 0.471. The van der Waals surface area contributed by atoms with Gasteiger partial charge in [0.2, 0.25) is 10.0 Å². The number of aromatic nitrogens is 3. The Labute approximate surface area is 153 Å². The van der Waals surface area contributed by atoms with Crippen LogP contribution in [0.25, 0.3) is 0 Å². The summed E-state index contributed by atoms with van der Waals surface area (Å²) in [5, 5.41) is 0. The predicted molar refractivity (Wildman–Crippen MR) is 96.8 cm³/mol. The molecule has 9 heteroatoms. The number of imidazole rings is 1. The van der Waals surface area contributed by atoms with Crippen LogP contribution in [-0.2, 0) is 23.6 Å². The zero-order valence-corrected chi connectivity index (χ0v) is 15.8. The number of carbonyl (C=O) groups is 1. The molecular weight excluding hydrogens is 354 g/mol. The molecule has 1 amide bonds. The Morgan fingerprint density at radius 1 is 1.42 bits per heavy atom. The molecule has 1 atom stereocenters. The van der Waals surface area contributed by atoms with E-state index in [9.17, 15) is 13.2 Å². The van der Waals surface area contributed by atoms with Gasteiger partial charge >= 0.3 is 0 Å². The lowest BCUT2D eigenvalue weighted by molar-refractivity contribution is 0.0645. The Hall–Kier alpha value is -2.26. The van der Waals surface area contributed by atoms with Gasteiger partial charge in [0.15, 0.2) is 0 Å². The summed E-state index contributed by atoms with van der Waals surface area (Å²) in [7, 11) is -1.62. The van der Waals surface area contributed by atoms with Crippen molar-refractivity contribution in [2.24, 2.45) is 7.05 Å². The third-order valence-electron chi connectivity index (χ3n) is 4.50. The largest absolute Gasteiger partial charge is 0.340 e. The summed E-state index contributed by atoms with van der Waals surface area (Å²) in [5.41, 5.74) is 1.21. The van der Waals surface area contributed by atoms with Gasteiger partial charge in [-0.3, -0.25) is 9.78 Å². The van der Waals surface area contributed by atoms with Gasteiger partial charge < -0.3 is 9.47 Å². The van der Waals surface area contributed by atoms with E-state index in [0.717, 1.165) is 18.4 Å². The summed E-state index contributed by atoms with van der Waals surface area (Å²) in [6.45, 7) is 1.22. The normalized spacial score (nSPS) is 18.3. The van der Waals surface area contributed by atoms with E-state index >= 15 is 0 Å². The smallest absolute Gasteiger partial charge is 0.274 e. The summed E-state index contributed by atoms with van der Waals surface area (Å²) in [6, 6.07) is 3.38. The Kier molecular flexibility index (Phi) is 5.38. The maximum absolute atomic E-state index is 12.7. The molecule has 1 fully saturated rings. The molecule has 0 aromatic carbocycles. The summed E-state index contributed by atoms with van der Waals surface area (Å²) in [6.07, 6.45) is 9.26. The van der Waals surface area contributed by atoms with Crippen LogP contribution in [0.15, 0.2) is 37.1 Å². The first-order chi connectivity index (χ1) is 12.3. The number of hydrogen-bond donors (Lipinski definition) is 0. The molecule has 140 valence electrons. The number of nitrogens with zero attached hydrogens (tertiary/aromatic N) is 5. The zero-order chi connectivity index (χ0) is 18.7. The van der Waals surface area contributed by atoms with Gasteiger partial charge in [-0.15, -0.1) is 0 Å². The predicted octanol–water partition coefficient (Wildman–Crippen LogP) is 0.881. The van der Waals surface area contributed by atoms with Crippen LogP contribution in [0.1, 0.15) is 28.9 Å². The maximum atomic E-state index is 12.7. The van der Waals surface area contributed by atoms with Gasteiger partial charge in [-0.25, -0.2) is 13.4 Å². The lowest BCUT2D eigenvalue weighted by atomic mass is 10.0. The average molecular weight is 377 g/mol. The van der Waals surface area contributed by atoms with Crippen LogP contribution < -0.4 is 0 Å². The number of rotatable bonds is 5. The molecule has 2 aromatic rings. The minimum absolute atomic E-state index is 0.162. The van der Waals surface area contributed by atoms with Crippen molar-refractivity contribution in [2.75, 3.05) is 19.3 Å². The van der Waals surface area contributed by atoms with Crippen LogP contribution in [0.5, 0.6) is 0 Å². The van der Waals surface area contributed by atoms with Crippen LogP contribution in [-0.4, -0.2) is 63.5 Å². The first-order valence-corrected chi connectivity index (χ1v) is 10.3. The lowest BCUT2D eigenvalue weighted by Gasteiger charge is -2.38. The molecule has 1 unspecified atom stereocenters. The van der Waals surface area contributed by atoms with E-state index in [1.807, 2.05) is 13.1 Å². The first-order valence-electron chi connectivity index (χ1n) is 8.47. The summed E-state index contributed by atoms with van der Waals surface area (Å²) in [5.74, 6) is -0.162. The van der Waals surface area contributed by atoms with Crippen molar-refractivity contribution in [3.63, 3.8) is 0 Å². The van der Waals surface area contributed by atoms with Crippen LogP contribution in [0.4, 0.5) is 0 Å². The highest BCUT2D eigenvalue weighted by molar-refractivity contribution is 7.88. The molecule has 8 nitrogen and oxygen atoms in total. The van der Waals surface area contributed by atoms with Gasteiger partial charge in [-0.2, -0.15) is 4.31 Å². The monoisotopic (exact) mass is 377 g/mol. The van der Waals surface area contributed by atoms with Gasteiger partial charge in [0.1, 0.15) is 5.69 Å². The van der Waals surface area contributed by atoms with Crippen molar-refractivity contribution in [1.82, 2.24) is 23.7 Å². The van der Waals surface area contributed by atoms with E-state index in [-0.39, 0.29) is 18.5 Å². The Morgan fingerprint density at radius 3 is 2.85 bits per heavy atom. The summed E-state index contributed by atoms with van der Waals surface area (Å²) >= 11 is 0. The van der Waals surface area contributed by atoms with E-state index < -0.39 is 10.0 Å². The molecule has 3 rings (SSSR count). The molecule has 1 aliphatic heterocycles. The fourth-order valence-corrected chi connectivity index (χ4v) is 4.35. The first kappa shape index (κ1) is 18.5. The highest BCUT2D eigenvalue weighted by atomic mass is 32.2. The van der Waals surface area contributed by atoms with E-state index in [2.05, 4.69) is 9.97 Å². The van der Waals surface area contributed by atoms with Crippen molar-refractivity contribution in [1.29, 1.82) is 0 Å². The van der Waals surface area contributed by atoms with Gasteiger partial charge in [-0.1, -0.05) is 6.07 Å². The molecule has 0 radical (unpaired) electrons. The molecule has 0 N–H and O–H groups in total. The number of carbonyl (C=O) groups excluding carboxylic acids is 1. The Balaban J connectivity index is 1.77. The summed E-state index contributed by atoms with van der Waals surface area (Å²) < 4.78 is 27.9. The third kappa shape index (κ3) is 4.28. The number of aryl methyl sites for hydroxylation is 1. The van der Waals surface area contributed by atoms with Crippen molar-refractivity contribution >= 4 is 15.9 Å². The number of hydrogen-bond acceptors (Lipinski definition) is 5. The second-order valence-electron chi connectivity index (χ2n) is 6.64. The number of piperidine rings is 1. The quantitative estimate of drug-likeness (QED) is 0.772. The van der Waals surface area contributed by atoms with Crippen LogP contribution in [0.2, 0.25) is 0 Å². The van der Waals surface area contributed by atoms with E-state index in [1.54, 1.807) is 40.5 Å². The van der Waals surface area contributed by atoms with Crippen molar-refractivity contribution in [2.45, 2.75) is 25.4 Å². The molecule has 0 saturated carbocycles. The molecule has 26 heavy (non-hydrogen) atoms. The second-order valence-corrected chi connectivity index (χ2v) is 8.58. The van der Waals surface area contributed by atoms with Gasteiger partial charge in [-0.05, 0) is 24.5 Å². The number of likely N-dealkylation sites (tertiary alicyclic amines) is 1. The topological polar surface area (TPSA) is 88.4 Å². The molecule has 1 saturated heterocycles. The highest BCUT2D eigenvalue weighted by Gasteiger charge is 2.33. The molecular formula is C17H23N5O3S. The highest BCUT2D eigenvalue weighted by Crippen LogP contribution is 2.22. The molecule has 1 aliphatic rings. The van der Waals surface area contributed by atoms with Crippen LogP contribution in [0.3, 0.4) is 0 Å². The molecule has 0 aliphatic carbocycles.